The summed E-state index contributed by atoms with van der Waals surface area (Å²) in [5.74, 6) is 2.01. The third-order valence-electron chi connectivity index (χ3n) is 3.69. The normalized spacial score (nSPS) is 15.5. The van der Waals surface area contributed by atoms with Gasteiger partial charge in [-0.05, 0) is 17.5 Å². The summed E-state index contributed by atoms with van der Waals surface area (Å²) in [6.45, 7) is 6.41. The molecule has 0 amide bonds. The van der Waals surface area contributed by atoms with Crippen LogP contribution in [0, 0.1) is 0 Å². The van der Waals surface area contributed by atoms with E-state index in [1.165, 1.54) is 11.1 Å². The highest BCUT2D eigenvalue weighted by Gasteiger charge is 2.21. The minimum absolute atomic E-state index is 0.481. The van der Waals surface area contributed by atoms with Gasteiger partial charge in [0.2, 0.25) is 0 Å². The third kappa shape index (κ3) is 2.51. The van der Waals surface area contributed by atoms with Crippen LogP contribution in [0.25, 0.3) is 11.3 Å². The van der Waals surface area contributed by atoms with Gasteiger partial charge in [0.25, 0.3) is 0 Å². The largest absolute Gasteiger partial charge is 0.315 e. The van der Waals surface area contributed by atoms with Crippen LogP contribution in [-0.2, 0) is 0 Å². The van der Waals surface area contributed by atoms with Crippen LogP contribution in [0.4, 0.5) is 0 Å². The van der Waals surface area contributed by atoms with Gasteiger partial charge in [0.05, 0.1) is 5.69 Å². The van der Waals surface area contributed by atoms with Gasteiger partial charge in [-0.25, -0.2) is 9.97 Å². The van der Waals surface area contributed by atoms with Crippen molar-refractivity contribution in [2.24, 2.45) is 0 Å². The van der Waals surface area contributed by atoms with Crippen LogP contribution in [0.5, 0.6) is 0 Å². The number of benzene rings is 1. The summed E-state index contributed by atoms with van der Waals surface area (Å²) in [5, 5.41) is 3.26. The fourth-order valence-electron chi connectivity index (χ4n) is 2.24. The lowest BCUT2D eigenvalue weighted by Crippen LogP contribution is -2.40. The molecule has 2 heterocycles. The highest BCUT2D eigenvalue weighted by Crippen LogP contribution is 2.23. The van der Waals surface area contributed by atoms with E-state index in [-0.39, 0.29) is 0 Å². The summed E-state index contributed by atoms with van der Waals surface area (Å²) >= 11 is 0. The number of nitrogens with zero attached hydrogens (tertiary/aromatic N) is 2. The summed E-state index contributed by atoms with van der Waals surface area (Å²) in [7, 11) is 0. The predicted octanol–water partition coefficient (Wildman–Crippen LogP) is 2.95. The van der Waals surface area contributed by atoms with Crippen molar-refractivity contribution in [1.29, 1.82) is 0 Å². The molecule has 0 radical (unpaired) electrons. The van der Waals surface area contributed by atoms with Crippen molar-refractivity contribution >= 4 is 0 Å². The molecular formula is C16H19N3. The Balaban J connectivity index is 1.88. The van der Waals surface area contributed by atoms with Gasteiger partial charge in [-0.15, -0.1) is 0 Å². The Morgan fingerprint density at radius 3 is 2.42 bits per heavy atom. The molecule has 1 saturated heterocycles. The SMILES string of the molecule is CC(C)c1ccc(-c2ccnc(C3CNC3)n2)cc1. The Hall–Kier alpha value is -1.74. The van der Waals surface area contributed by atoms with Crippen molar-refractivity contribution in [3.8, 4) is 11.3 Å². The van der Waals surface area contributed by atoms with Crippen LogP contribution in [0.15, 0.2) is 36.5 Å². The van der Waals surface area contributed by atoms with E-state index in [0.29, 0.717) is 11.8 Å². The van der Waals surface area contributed by atoms with E-state index in [4.69, 9.17) is 0 Å². The first-order valence-corrected chi connectivity index (χ1v) is 6.88. The van der Waals surface area contributed by atoms with Crippen molar-refractivity contribution < 1.29 is 0 Å². The smallest absolute Gasteiger partial charge is 0.134 e. The average molecular weight is 253 g/mol. The summed E-state index contributed by atoms with van der Waals surface area (Å²) < 4.78 is 0. The first-order valence-electron chi connectivity index (χ1n) is 6.88. The van der Waals surface area contributed by atoms with E-state index in [9.17, 15) is 0 Å². The monoisotopic (exact) mass is 253 g/mol. The highest BCUT2D eigenvalue weighted by molar-refractivity contribution is 5.59. The lowest BCUT2D eigenvalue weighted by Gasteiger charge is -2.25. The maximum atomic E-state index is 4.69. The summed E-state index contributed by atoms with van der Waals surface area (Å²) in [4.78, 5) is 9.07. The minimum atomic E-state index is 0.481. The number of hydrogen-bond acceptors (Lipinski definition) is 3. The van der Waals surface area contributed by atoms with Crippen molar-refractivity contribution in [2.75, 3.05) is 13.1 Å². The molecule has 3 rings (SSSR count). The van der Waals surface area contributed by atoms with Gasteiger partial charge in [0, 0.05) is 30.8 Å². The second-order valence-corrected chi connectivity index (χ2v) is 5.43. The maximum absolute atomic E-state index is 4.69. The van der Waals surface area contributed by atoms with Crippen LogP contribution >= 0.6 is 0 Å². The standard InChI is InChI=1S/C16H19N3/c1-11(2)12-3-5-13(6-4-12)15-7-8-18-16(19-15)14-9-17-10-14/h3-8,11,14,17H,9-10H2,1-2H3. The van der Waals surface area contributed by atoms with E-state index < -0.39 is 0 Å². The third-order valence-corrected chi connectivity index (χ3v) is 3.69. The molecular weight excluding hydrogens is 234 g/mol. The first kappa shape index (κ1) is 12.3. The molecule has 1 fully saturated rings. The van der Waals surface area contributed by atoms with E-state index >= 15 is 0 Å². The van der Waals surface area contributed by atoms with E-state index in [0.717, 1.165) is 24.6 Å². The number of hydrogen-bond donors (Lipinski definition) is 1. The van der Waals surface area contributed by atoms with E-state index in [1.807, 2.05) is 12.3 Å². The Morgan fingerprint density at radius 1 is 1.11 bits per heavy atom. The summed E-state index contributed by atoms with van der Waals surface area (Å²) in [6, 6.07) is 10.7. The lowest BCUT2D eigenvalue weighted by molar-refractivity contribution is 0.430. The van der Waals surface area contributed by atoms with Crippen LogP contribution in [-0.4, -0.2) is 23.1 Å². The van der Waals surface area contributed by atoms with Crippen molar-refractivity contribution in [3.05, 3.63) is 47.9 Å². The van der Waals surface area contributed by atoms with Crippen molar-refractivity contribution in [1.82, 2.24) is 15.3 Å². The van der Waals surface area contributed by atoms with Crippen LogP contribution in [0.3, 0.4) is 0 Å². The van der Waals surface area contributed by atoms with Crippen LogP contribution in [0.1, 0.15) is 37.1 Å². The van der Waals surface area contributed by atoms with E-state index in [1.54, 1.807) is 0 Å². The Bertz CT molecular complexity index is 556. The molecule has 98 valence electrons. The van der Waals surface area contributed by atoms with Gasteiger partial charge in [-0.3, -0.25) is 0 Å². The second-order valence-electron chi connectivity index (χ2n) is 5.43. The minimum Gasteiger partial charge on any atom is -0.315 e. The van der Waals surface area contributed by atoms with Crippen molar-refractivity contribution in [2.45, 2.75) is 25.7 Å². The molecule has 1 aromatic heterocycles. The molecule has 1 aliphatic rings. The van der Waals surface area contributed by atoms with Crippen LogP contribution in [0.2, 0.25) is 0 Å². The molecule has 19 heavy (non-hydrogen) atoms. The molecule has 0 aliphatic carbocycles. The second kappa shape index (κ2) is 5.10. The molecule has 2 aromatic rings. The Labute approximate surface area is 114 Å². The molecule has 3 heteroatoms. The average Bonchev–Trinajstić information content (AvgIpc) is 2.37. The number of nitrogens with one attached hydrogen (secondary N) is 1. The Morgan fingerprint density at radius 2 is 1.84 bits per heavy atom. The van der Waals surface area contributed by atoms with Crippen LogP contribution < -0.4 is 5.32 Å². The molecule has 1 aromatic carbocycles. The van der Waals surface area contributed by atoms with Gasteiger partial charge in [0.15, 0.2) is 0 Å². The zero-order valence-electron chi connectivity index (χ0n) is 11.4. The zero-order valence-corrected chi connectivity index (χ0v) is 11.4. The van der Waals surface area contributed by atoms with Gasteiger partial charge in [-0.1, -0.05) is 38.1 Å². The molecule has 0 bridgehead atoms. The molecule has 1 aliphatic heterocycles. The Kier molecular flexibility index (Phi) is 3.30. The predicted molar refractivity (Wildman–Crippen MR) is 77.2 cm³/mol. The highest BCUT2D eigenvalue weighted by atomic mass is 15.0. The molecule has 0 spiro atoms. The van der Waals surface area contributed by atoms with Gasteiger partial charge in [-0.2, -0.15) is 0 Å². The van der Waals surface area contributed by atoms with Gasteiger partial charge < -0.3 is 5.32 Å². The molecule has 1 N–H and O–H groups in total. The fraction of sp³-hybridized carbons (Fsp3) is 0.375. The van der Waals surface area contributed by atoms with E-state index in [2.05, 4.69) is 53.4 Å². The topological polar surface area (TPSA) is 37.8 Å². The van der Waals surface area contributed by atoms with Crippen molar-refractivity contribution in [3.63, 3.8) is 0 Å². The number of rotatable bonds is 3. The van der Waals surface area contributed by atoms with Gasteiger partial charge >= 0.3 is 0 Å². The lowest BCUT2D eigenvalue weighted by atomic mass is 10.00. The fourth-order valence-corrected chi connectivity index (χ4v) is 2.24. The molecule has 3 nitrogen and oxygen atoms in total. The number of aromatic nitrogens is 2. The van der Waals surface area contributed by atoms with Gasteiger partial charge in [0.1, 0.15) is 5.82 Å². The summed E-state index contributed by atoms with van der Waals surface area (Å²) in [5.41, 5.74) is 3.55. The quantitative estimate of drug-likeness (QED) is 0.914. The molecule has 0 atom stereocenters. The summed E-state index contributed by atoms with van der Waals surface area (Å²) in [6.07, 6.45) is 1.87. The maximum Gasteiger partial charge on any atom is 0.134 e. The first-order chi connectivity index (χ1) is 9.24. The zero-order chi connectivity index (χ0) is 13.2. The molecule has 0 saturated carbocycles. The molecule has 0 unspecified atom stereocenters.